The lowest BCUT2D eigenvalue weighted by Crippen LogP contribution is -2.13. The number of carboxylic acid groups (broad SMARTS) is 1. The third-order valence-corrected chi connectivity index (χ3v) is 2.55. The highest BCUT2D eigenvalue weighted by Crippen LogP contribution is 2.23. The van der Waals surface area contributed by atoms with Crippen molar-refractivity contribution in [2.75, 3.05) is 0 Å². The molecule has 0 aromatic carbocycles. The van der Waals surface area contributed by atoms with Crippen LogP contribution in [0.1, 0.15) is 28.2 Å². The van der Waals surface area contributed by atoms with Gasteiger partial charge in [0.05, 0.1) is 11.3 Å². The molecule has 0 aliphatic carbocycles. The molecule has 0 fully saturated rings. The van der Waals surface area contributed by atoms with Crippen LogP contribution in [0.25, 0.3) is 0 Å². The summed E-state index contributed by atoms with van der Waals surface area (Å²) >= 11 is 1.67. The number of carbonyl (C=O) groups is 1. The van der Waals surface area contributed by atoms with Crippen LogP contribution >= 0.6 is 22.6 Å². The van der Waals surface area contributed by atoms with Crippen molar-refractivity contribution in [2.45, 2.75) is 13.0 Å². The molecule has 1 aromatic heterocycles. The summed E-state index contributed by atoms with van der Waals surface area (Å²) in [5.41, 5.74) is 4.67. The molecule has 0 atom stereocenters. The average molecular weight is 328 g/mol. The number of pyridine rings is 1. The highest BCUT2D eigenvalue weighted by atomic mass is 127. The van der Waals surface area contributed by atoms with Gasteiger partial charge in [0, 0.05) is 10.1 Å². The predicted molar refractivity (Wildman–Crippen MR) is 56.8 cm³/mol. The first-order chi connectivity index (χ1) is 6.97. The number of aromatic carboxylic acids is 1. The van der Waals surface area contributed by atoms with Gasteiger partial charge in [0.25, 0.3) is 6.43 Å². The maximum atomic E-state index is 12.3. The highest BCUT2D eigenvalue weighted by molar-refractivity contribution is 14.1. The molecule has 0 unspecified atom stereocenters. The number of rotatable bonds is 3. The Bertz CT molecular complexity index is 398. The number of hydrogen-bond donors (Lipinski definition) is 2. The molecule has 7 heteroatoms. The van der Waals surface area contributed by atoms with Crippen LogP contribution in [0.5, 0.6) is 0 Å². The Labute approximate surface area is 97.6 Å². The summed E-state index contributed by atoms with van der Waals surface area (Å²) in [7, 11) is 0. The monoisotopic (exact) mass is 328 g/mol. The second kappa shape index (κ2) is 4.79. The molecule has 82 valence electrons. The first kappa shape index (κ1) is 12.2. The van der Waals surface area contributed by atoms with E-state index in [1.54, 1.807) is 22.6 Å². The largest absolute Gasteiger partial charge is 0.478 e. The zero-order valence-corrected chi connectivity index (χ0v) is 9.53. The van der Waals surface area contributed by atoms with E-state index in [9.17, 15) is 13.6 Å². The lowest BCUT2D eigenvalue weighted by Gasteiger charge is -2.08. The molecule has 0 saturated heterocycles. The third-order valence-electron chi connectivity index (χ3n) is 1.70. The van der Waals surface area contributed by atoms with Gasteiger partial charge in [0.15, 0.2) is 0 Å². The third kappa shape index (κ3) is 2.59. The molecular weight excluding hydrogens is 321 g/mol. The fourth-order valence-corrected chi connectivity index (χ4v) is 1.93. The zero-order valence-electron chi connectivity index (χ0n) is 7.38. The van der Waals surface area contributed by atoms with E-state index in [4.69, 9.17) is 10.8 Å². The number of aromatic nitrogens is 1. The van der Waals surface area contributed by atoms with E-state index in [2.05, 4.69) is 4.98 Å². The Balaban J connectivity index is 3.37. The second-order valence-corrected chi connectivity index (χ2v) is 3.82. The predicted octanol–water partition coefficient (Wildman–Crippen LogP) is 1.78. The fourth-order valence-electron chi connectivity index (χ4n) is 1.07. The molecule has 4 nitrogen and oxygen atoms in total. The van der Waals surface area contributed by atoms with Crippen LogP contribution < -0.4 is 5.73 Å². The number of halogens is 3. The van der Waals surface area contributed by atoms with E-state index in [0.717, 1.165) is 6.07 Å². The van der Waals surface area contributed by atoms with Crippen LogP contribution in [0.3, 0.4) is 0 Å². The Morgan fingerprint density at radius 2 is 2.27 bits per heavy atom. The Hall–Kier alpha value is -0.830. The van der Waals surface area contributed by atoms with Gasteiger partial charge < -0.3 is 10.8 Å². The summed E-state index contributed by atoms with van der Waals surface area (Å²) in [6.45, 7) is -0.182. The first-order valence-corrected chi connectivity index (χ1v) is 4.96. The van der Waals surface area contributed by atoms with Crippen LogP contribution in [0, 0.1) is 3.57 Å². The molecule has 15 heavy (non-hydrogen) atoms. The van der Waals surface area contributed by atoms with Crippen LogP contribution in [-0.2, 0) is 6.54 Å². The molecule has 0 saturated carbocycles. The van der Waals surface area contributed by atoms with Crippen LogP contribution in [0.4, 0.5) is 8.78 Å². The van der Waals surface area contributed by atoms with Crippen molar-refractivity contribution in [3.05, 3.63) is 26.6 Å². The summed E-state index contributed by atoms with van der Waals surface area (Å²) in [5, 5.41) is 8.82. The Kier molecular flexibility index (Phi) is 3.91. The minimum atomic E-state index is -2.73. The summed E-state index contributed by atoms with van der Waals surface area (Å²) in [4.78, 5) is 14.3. The van der Waals surface area contributed by atoms with Crippen LogP contribution in [-0.4, -0.2) is 16.1 Å². The molecule has 0 aliphatic heterocycles. The van der Waals surface area contributed by atoms with E-state index >= 15 is 0 Å². The molecule has 1 rings (SSSR count). The second-order valence-electron chi connectivity index (χ2n) is 2.66. The summed E-state index contributed by atoms with van der Waals surface area (Å²) in [5.74, 6) is -1.21. The Morgan fingerprint density at radius 3 is 2.67 bits per heavy atom. The number of carboxylic acids is 1. The van der Waals surface area contributed by atoms with Crippen molar-refractivity contribution in [1.29, 1.82) is 0 Å². The number of hydrogen-bond acceptors (Lipinski definition) is 3. The number of nitrogens with zero attached hydrogens (tertiary/aromatic N) is 1. The maximum Gasteiger partial charge on any atom is 0.338 e. The first-order valence-electron chi connectivity index (χ1n) is 3.88. The minimum absolute atomic E-state index is 0.0234. The lowest BCUT2D eigenvalue weighted by molar-refractivity contribution is 0.0693. The molecule has 0 aliphatic rings. The maximum absolute atomic E-state index is 12.3. The zero-order chi connectivity index (χ0) is 11.6. The molecule has 1 aromatic rings. The van der Waals surface area contributed by atoms with E-state index in [0.29, 0.717) is 0 Å². The van der Waals surface area contributed by atoms with Gasteiger partial charge in [-0.1, -0.05) is 0 Å². The fraction of sp³-hybridized carbons (Fsp3) is 0.250. The molecular formula is C8H7F2IN2O2. The van der Waals surface area contributed by atoms with Crippen molar-refractivity contribution >= 4 is 28.6 Å². The van der Waals surface area contributed by atoms with Crippen molar-refractivity contribution in [3.63, 3.8) is 0 Å². The SMILES string of the molecule is NCc1nc(C(F)F)cc(I)c1C(=O)O. The smallest absolute Gasteiger partial charge is 0.338 e. The molecule has 3 N–H and O–H groups in total. The van der Waals surface area contributed by atoms with Gasteiger partial charge >= 0.3 is 5.97 Å². The average Bonchev–Trinajstić information content (AvgIpc) is 2.15. The van der Waals surface area contributed by atoms with Gasteiger partial charge in [-0.3, -0.25) is 0 Å². The van der Waals surface area contributed by atoms with E-state index in [1.807, 2.05) is 0 Å². The van der Waals surface area contributed by atoms with E-state index in [-0.39, 0.29) is 21.4 Å². The topological polar surface area (TPSA) is 76.2 Å². The van der Waals surface area contributed by atoms with Gasteiger partial charge in [0.2, 0.25) is 0 Å². The van der Waals surface area contributed by atoms with E-state index < -0.39 is 18.1 Å². The van der Waals surface area contributed by atoms with Crippen molar-refractivity contribution in [3.8, 4) is 0 Å². The molecule has 1 heterocycles. The summed E-state index contributed by atoms with van der Waals surface area (Å²) in [6, 6.07) is 1.05. The standard InChI is InChI=1S/C8H7F2IN2O2/c9-7(10)4-1-3(11)6(8(14)15)5(2-12)13-4/h1,7H,2,12H2,(H,14,15). The minimum Gasteiger partial charge on any atom is -0.478 e. The highest BCUT2D eigenvalue weighted by Gasteiger charge is 2.19. The van der Waals surface area contributed by atoms with Gasteiger partial charge in [-0.2, -0.15) is 0 Å². The van der Waals surface area contributed by atoms with Crippen molar-refractivity contribution in [2.24, 2.45) is 5.73 Å². The molecule has 0 amide bonds. The number of alkyl halides is 2. The van der Waals surface area contributed by atoms with Crippen LogP contribution in [0.15, 0.2) is 6.07 Å². The van der Waals surface area contributed by atoms with Crippen molar-refractivity contribution < 1.29 is 18.7 Å². The lowest BCUT2D eigenvalue weighted by atomic mass is 10.1. The van der Waals surface area contributed by atoms with E-state index in [1.165, 1.54) is 0 Å². The quantitative estimate of drug-likeness (QED) is 0.830. The molecule has 0 radical (unpaired) electrons. The van der Waals surface area contributed by atoms with Gasteiger partial charge in [-0.25, -0.2) is 18.6 Å². The normalized spacial score (nSPS) is 10.7. The van der Waals surface area contributed by atoms with Gasteiger partial charge in [-0.15, -0.1) is 0 Å². The Morgan fingerprint density at radius 1 is 1.67 bits per heavy atom. The summed E-state index contributed by atoms with van der Waals surface area (Å²) in [6.07, 6.45) is -2.73. The molecule has 0 spiro atoms. The summed E-state index contributed by atoms with van der Waals surface area (Å²) < 4.78 is 24.9. The van der Waals surface area contributed by atoms with Crippen molar-refractivity contribution in [1.82, 2.24) is 4.98 Å². The van der Waals surface area contributed by atoms with Gasteiger partial charge in [-0.05, 0) is 28.7 Å². The van der Waals surface area contributed by atoms with Crippen LogP contribution in [0.2, 0.25) is 0 Å². The number of nitrogens with two attached hydrogens (primary N) is 1. The van der Waals surface area contributed by atoms with Gasteiger partial charge in [0.1, 0.15) is 5.69 Å². The molecule has 0 bridgehead atoms.